The summed E-state index contributed by atoms with van der Waals surface area (Å²) in [6.07, 6.45) is 6.23. The fourth-order valence-electron chi connectivity index (χ4n) is 2.68. The molecule has 1 unspecified atom stereocenters. The number of nitrogens with zero attached hydrogens (tertiary/aromatic N) is 3. The van der Waals surface area contributed by atoms with E-state index in [1.165, 1.54) is 16.8 Å². The van der Waals surface area contributed by atoms with Crippen molar-refractivity contribution in [3.8, 4) is 5.69 Å². The molecule has 1 aliphatic heterocycles. The Morgan fingerprint density at radius 2 is 2.38 bits per heavy atom. The molecule has 0 bridgehead atoms. The second kappa shape index (κ2) is 8.57. The van der Waals surface area contributed by atoms with Crippen molar-refractivity contribution in [2.24, 2.45) is 0 Å². The van der Waals surface area contributed by atoms with E-state index in [1.807, 2.05) is 7.05 Å². The summed E-state index contributed by atoms with van der Waals surface area (Å²) >= 11 is 3.28. The van der Waals surface area contributed by atoms with E-state index < -0.39 is 5.82 Å². The lowest BCUT2D eigenvalue weighted by molar-refractivity contribution is -0.117. The van der Waals surface area contributed by atoms with Crippen molar-refractivity contribution >= 4 is 27.9 Å². The van der Waals surface area contributed by atoms with E-state index >= 15 is 0 Å². The number of benzene rings is 1. The van der Waals surface area contributed by atoms with E-state index in [0.717, 1.165) is 17.6 Å². The molecule has 3 rings (SSSR count). The fraction of sp³-hybridized carbons (Fsp3) is 0.333. The quantitative estimate of drug-likeness (QED) is 0.750. The molecule has 1 saturated heterocycles. The van der Waals surface area contributed by atoms with Crippen LogP contribution in [0.4, 0.5) is 4.39 Å². The van der Waals surface area contributed by atoms with Gasteiger partial charge in [-0.3, -0.25) is 4.79 Å². The molecule has 2 aromatic rings. The van der Waals surface area contributed by atoms with Crippen LogP contribution in [-0.4, -0.2) is 60.0 Å². The summed E-state index contributed by atoms with van der Waals surface area (Å²) in [6, 6.07) is 4.73. The summed E-state index contributed by atoms with van der Waals surface area (Å²) < 4.78 is 22.1. The number of hydrogen-bond acceptors (Lipinski definition) is 4. The van der Waals surface area contributed by atoms with Crippen LogP contribution in [0.5, 0.6) is 0 Å². The lowest BCUT2D eigenvalue weighted by Gasteiger charge is -2.29. The van der Waals surface area contributed by atoms with Gasteiger partial charge in [0.2, 0.25) is 5.91 Å². The van der Waals surface area contributed by atoms with E-state index in [2.05, 4.69) is 31.2 Å². The highest BCUT2D eigenvalue weighted by Gasteiger charge is 2.17. The molecule has 1 aliphatic rings. The van der Waals surface area contributed by atoms with E-state index in [0.29, 0.717) is 24.4 Å². The first-order valence-electron chi connectivity index (χ1n) is 8.27. The number of hydrogen-bond donors (Lipinski definition) is 1. The molecule has 1 aromatic heterocycles. The highest BCUT2D eigenvalue weighted by Crippen LogP contribution is 2.17. The Balaban J connectivity index is 1.56. The predicted octanol–water partition coefficient (Wildman–Crippen LogP) is 2.23. The molecule has 1 amide bonds. The first-order chi connectivity index (χ1) is 12.5. The SMILES string of the molecule is CN1CCOC(CNC(=O)/C=C/c2ccc(-n3cc(Br)cn3)c(F)c2)C1. The molecule has 138 valence electrons. The van der Waals surface area contributed by atoms with E-state index in [4.69, 9.17) is 4.74 Å². The smallest absolute Gasteiger partial charge is 0.244 e. The Kier molecular flexibility index (Phi) is 6.18. The van der Waals surface area contributed by atoms with Crippen LogP contribution in [-0.2, 0) is 9.53 Å². The molecule has 26 heavy (non-hydrogen) atoms. The van der Waals surface area contributed by atoms with Gasteiger partial charge in [-0.1, -0.05) is 6.07 Å². The predicted molar refractivity (Wildman–Crippen MR) is 101 cm³/mol. The average Bonchev–Trinajstić information content (AvgIpc) is 3.04. The minimum Gasteiger partial charge on any atom is -0.374 e. The molecule has 0 aliphatic carbocycles. The van der Waals surface area contributed by atoms with Gasteiger partial charge in [-0.25, -0.2) is 9.07 Å². The number of morpholine rings is 1. The van der Waals surface area contributed by atoms with Gasteiger partial charge in [-0.05, 0) is 46.7 Å². The largest absolute Gasteiger partial charge is 0.374 e. The van der Waals surface area contributed by atoms with Gasteiger partial charge in [-0.2, -0.15) is 5.10 Å². The average molecular weight is 423 g/mol. The molecule has 1 atom stereocenters. The number of halogens is 2. The summed E-state index contributed by atoms with van der Waals surface area (Å²) in [4.78, 5) is 14.1. The van der Waals surface area contributed by atoms with Crippen molar-refractivity contribution in [2.45, 2.75) is 6.10 Å². The maximum Gasteiger partial charge on any atom is 0.244 e. The number of carbonyl (C=O) groups excluding carboxylic acids is 1. The van der Waals surface area contributed by atoms with Gasteiger partial charge in [0.25, 0.3) is 0 Å². The molecule has 1 aromatic carbocycles. The van der Waals surface area contributed by atoms with Crippen molar-refractivity contribution in [1.29, 1.82) is 0 Å². The number of rotatable bonds is 5. The van der Waals surface area contributed by atoms with E-state index in [-0.39, 0.29) is 12.0 Å². The zero-order valence-electron chi connectivity index (χ0n) is 14.4. The molecule has 0 spiro atoms. The normalized spacial score (nSPS) is 18.3. The van der Waals surface area contributed by atoms with Crippen LogP contribution >= 0.6 is 15.9 Å². The van der Waals surface area contributed by atoms with Gasteiger partial charge in [0.15, 0.2) is 0 Å². The maximum atomic E-state index is 14.3. The molecule has 0 radical (unpaired) electrons. The number of likely N-dealkylation sites (N-methyl/N-ethyl adjacent to an activating group) is 1. The van der Waals surface area contributed by atoms with Crippen molar-refractivity contribution in [3.05, 3.63) is 52.5 Å². The van der Waals surface area contributed by atoms with Crippen LogP contribution in [0.2, 0.25) is 0 Å². The van der Waals surface area contributed by atoms with Crippen LogP contribution in [0.15, 0.2) is 41.1 Å². The summed E-state index contributed by atoms with van der Waals surface area (Å²) in [5.74, 6) is -0.649. The summed E-state index contributed by atoms with van der Waals surface area (Å²) in [6.45, 7) is 2.82. The lowest BCUT2D eigenvalue weighted by Crippen LogP contribution is -2.45. The van der Waals surface area contributed by atoms with Crippen LogP contribution in [0.3, 0.4) is 0 Å². The van der Waals surface area contributed by atoms with Crippen LogP contribution in [0, 0.1) is 5.82 Å². The first kappa shape index (κ1) is 18.8. The first-order valence-corrected chi connectivity index (χ1v) is 9.07. The monoisotopic (exact) mass is 422 g/mol. The summed E-state index contributed by atoms with van der Waals surface area (Å²) in [5.41, 5.74) is 0.942. The molecule has 1 N–H and O–H groups in total. The molecule has 8 heteroatoms. The van der Waals surface area contributed by atoms with E-state index in [9.17, 15) is 9.18 Å². The number of amides is 1. The van der Waals surface area contributed by atoms with Gasteiger partial charge >= 0.3 is 0 Å². The topological polar surface area (TPSA) is 59.4 Å². The zero-order valence-corrected chi connectivity index (χ0v) is 15.9. The number of carbonyl (C=O) groups is 1. The fourth-order valence-corrected chi connectivity index (χ4v) is 2.97. The zero-order chi connectivity index (χ0) is 18.5. The summed E-state index contributed by atoms with van der Waals surface area (Å²) in [5, 5.41) is 6.86. The third-order valence-corrected chi connectivity index (χ3v) is 4.45. The number of ether oxygens (including phenoxy) is 1. The van der Waals surface area contributed by atoms with E-state index in [1.54, 1.807) is 30.6 Å². The van der Waals surface area contributed by atoms with Crippen molar-refractivity contribution in [3.63, 3.8) is 0 Å². The van der Waals surface area contributed by atoms with Crippen molar-refractivity contribution in [1.82, 2.24) is 20.0 Å². The Hall–Kier alpha value is -2.03. The highest BCUT2D eigenvalue weighted by molar-refractivity contribution is 9.10. The van der Waals surface area contributed by atoms with Gasteiger partial charge in [0, 0.05) is 31.9 Å². The Labute approximate surface area is 159 Å². The standard InChI is InChI=1S/C18H20BrFN4O2/c1-23-6-7-26-15(12-23)10-21-18(25)5-3-13-2-4-17(16(20)8-13)24-11-14(19)9-22-24/h2-5,8-9,11,15H,6-7,10,12H2,1H3,(H,21,25)/b5-3+. The Bertz CT molecular complexity index is 808. The van der Waals surface area contributed by atoms with Crippen molar-refractivity contribution < 1.29 is 13.9 Å². The van der Waals surface area contributed by atoms with Crippen LogP contribution < -0.4 is 5.32 Å². The van der Waals surface area contributed by atoms with Gasteiger partial charge in [-0.15, -0.1) is 0 Å². The molecular weight excluding hydrogens is 403 g/mol. The molecule has 6 nitrogen and oxygen atoms in total. The minimum absolute atomic E-state index is 0.00350. The third kappa shape index (κ3) is 5.00. The molecule has 2 heterocycles. The van der Waals surface area contributed by atoms with Gasteiger partial charge in [0.1, 0.15) is 11.5 Å². The molecular formula is C18H20BrFN4O2. The maximum absolute atomic E-state index is 14.3. The molecule has 1 fully saturated rings. The minimum atomic E-state index is -0.415. The Morgan fingerprint density at radius 1 is 1.54 bits per heavy atom. The van der Waals surface area contributed by atoms with Crippen LogP contribution in [0.1, 0.15) is 5.56 Å². The number of nitrogens with one attached hydrogen (secondary N) is 1. The second-order valence-corrected chi connectivity index (χ2v) is 7.06. The van der Waals surface area contributed by atoms with Gasteiger partial charge in [0.05, 0.1) is 23.4 Å². The third-order valence-electron chi connectivity index (χ3n) is 4.04. The van der Waals surface area contributed by atoms with Gasteiger partial charge < -0.3 is 15.0 Å². The van der Waals surface area contributed by atoms with Crippen molar-refractivity contribution in [2.75, 3.05) is 33.3 Å². The Morgan fingerprint density at radius 3 is 3.08 bits per heavy atom. The second-order valence-electron chi connectivity index (χ2n) is 6.15. The molecule has 0 saturated carbocycles. The summed E-state index contributed by atoms with van der Waals surface area (Å²) in [7, 11) is 2.03. The highest BCUT2D eigenvalue weighted by atomic mass is 79.9. The van der Waals surface area contributed by atoms with Crippen LogP contribution in [0.25, 0.3) is 11.8 Å². The lowest BCUT2D eigenvalue weighted by atomic mass is 10.2. The number of aromatic nitrogens is 2.